The minimum atomic E-state index is -3.05. The van der Waals surface area contributed by atoms with E-state index in [1.807, 2.05) is 42.6 Å². The Bertz CT molecular complexity index is 1230. The van der Waals surface area contributed by atoms with Crippen molar-refractivity contribution in [2.75, 3.05) is 11.5 Å². The van der Waals surface area contributed by atoms with Crippen molar-refractivity contribution in [2.45, 2.75) is 12.5 Å². The van der Waals surface area contributed by atoms with Crippen molar-refractivity contribution in [1.82, 2.24) is 29.7 Å². The van der Waals surface area contributed by atoms with Gasteiger partial charge in [-0.1, -0.05) is 6.07 Å². The molecule has 0 aliphatic carbocycles. The summed E-state index contributed by atoms with van der Waals surface area (Å²) in [7, 11) is -3.05. The topological polar surface area (TPSA) is 106 Å². The van der Waals surface area contributed by atoms with E-state index in [0.717, 1.165) is 11.0 Å². The second-order valence-electron chi connectivity index (χ2n) is 6.59. The van der Waals surface area contributed by atoms with Crippen molar-refractivity contribution < 1.29 is 8.42 Å². The van der Waals surface area contributed by atoms with Crippen LogP contribution in [0.4, 0.5) is 0 Å². The molecule has 136 valence electrons. The maximum absolute atomic E-state index is 12.0. The monoisotopic (exact) mass is 380 g/mol. The molecule has 0 saturated carbocycles. The lowest BCUT2D eigenvalue weighted by Gasteiger charge is -2.11. The predicted octanol–water partition coefficient (Wildman–Crippen LogP) is 2.24. The first-order valence-electron chi connectivity index (χ1n) is 8.62. The fourth-order valence-corrected chi connectivity index (χ4v) is 5.07. The number of nitrogens with zero attached hydrogens (tertiary/aromatic N) is 5. The summed E-state index contributed by atoms with van der Waals surface area (Å²) in [4.78, 5) is 16.7. The highest BCUT2D eigenvalue weighted by atomic mass is 32.2. The van der Waals surface area contributed by atoms with E-state index in [9.17, 15) is 8.42 Å². The molecule has 1 unspecified atom stereocenters. The summed E-state index contributed by atoms with van der Waals surface area (Å²) < 4.78 is 25.7. The van der Waals surface area contributed by atoms with Crippen molar-refractivity contribution in [3.05, 3.63) is 48.8 Å². The number of sulfone groups is 1. The van der Waals surface area contributed by atoms with Crippen molar-refractivity contribution in [3.8, 4) is 23.0 Å². The normalized spacial score (nSPS) is 18.9. The molecule has 0 aromatic carbocycles. The number of H-pyrrole nitrogens is 1. The number of nitrogens with one attached hydrogen (secondary N) is 1. The minimum absolute atomic E-state index is 0.0652. The van der Waals surface area contributed by atoms with E-state index in [0.29, 0.717) is 29.5 Å². The second-order valence-corrected chi connectivity index (χ2v) is 8.82. The van der Waals surface area contributed by atoms with E-state index in [1.54, 1.807) is 10.9 Å². The third-order valence-corrected chi connectivity index (χ3v) is 6.47. The van der Waals surface area contributed by atoms with Crippen LogP contribution in [0.5, 0.6) is 0 Å². The number of rotatable bonds is 3. The summed E-state index contributed by atoms with van der Waals surface area (Å²) in [5.74, 6) is 1.24. The lowest BCUT2D eigenvalue weighted by molar-refractivity contribution is 0.504. The molecule has 4 aromatic rings. The van der Waals surface area contributed by atoms with Crippen LogP contribution in [0.3, 0.4) is 0 Å². The molecule has 1 aliphatic heterocycles. The van der Waals surface area contributed by atoms with Gasteiger partial charge in [-0.3, -0.25) is 4.98 Å². The van der Waals surface area contributed by atoms with Crippen LogP contribution in [0.1, 0.15) is 12.5 Å². The highest BCUT2D eigenvalue weighted by molar-refractivity contribution is 7.91. The first-order chi connectivity index (χ1) is 13.1. The molecule has 0 bridgehead atoms. The van der Waals surface area contributed by atoms with Gasteiger partial charge >= 0.3 is 0 Å². The van der Waals surface area contributed by atoms with Crippen LogP contribution in [0.15, 0.2) is 48.8 Å². The average Bonchev–Trinajstić information content (AvgIpc) is 3.39. The van der Waals surface area contributed by atoms with E-state index in [1.165, 1.54) is 0 Å². The molecule has 1 N–H and O–H groups in total. The van der Waals surface area contributed by atoms with E-state index in [-0.39, 0.29) is 17.5 Å². The number of aromatic amines is 1. The molecule has 27 heavy (non-hydrogen) atoms. The molecule has 4 aromatic heterocycles. The van der Waals surface area contributed by atoms with Crippen LogP contribution >= 0.6 is 0 Å². The maximum atomic E-state index is 12.0. The Kier molecular flexibility index (Phi) is 3.57. The predicted molar refractivity (Wildman–Crippen MR) is 101 cm³/mol. The number of hydrogen-bond acceptors (Lipinski definition) is 6. The van der Waals surface area contributed by atoms with Gasteiger partial charge in [-0.15, -0.1) is 5.10 Å². The molecule has 5 rings (SSSR count). The molecule has 1 fully saturated rings. The van der Waals surface area contributed by atoms with Gasteiger partial charge in [0.1, 0.15) is 17.0 Å². The van der Waals surface area contributed by atoms with Crippen molar-refractivity contribution in [2.24, 2.45) is 0 Å². The first kappa shape index (κ1) is 16.1. The summed E-state index contributed by atoms with van der Waals surface area (Å²) in [6, 6.07) is 11.0. The first-order valence-corrected chi connectivity index (χ1v) is 10.4. The highest BCUT2D eigenvalue weighted by Crippen LogP contribution is 2.30. The van der Waals surface area contributed by atoms with Crippen molar-refractivity contribution in [1.29, 1.82) is 0 Å². The van der Waals surface area contributed by atoms with E-state index >= 15 is 0 Å². The van der Waals surface area contributed by atoms with Crippen molar-refractivity contribution >= 4 is 20.9 Å². The van der Waals surface area contributed by atoms with Gasteiger partial charge in [-0.2, -0.15) is 0 Å². The zero-order chi connectivity index (χ0) is 18.4. The van der Waals surface area contributed by atoms with Crippen LogP contribution in [0, 0.1) is 0 Å². The number of aromatic nitrogens is 6. The Labute approximate surface area is 155 Å². The van der Waals surface area contributed by atoms with Gasteiger partial charge in [0.2, 0.25) is 0 Å². The molecule has 1 atom stereocenters. The quantitative estimate of drug-likeness (QED) is 0.584. The summed E-state index contributed by atoms with van der Waals surface area (Å²) >= 11 is 0. The SMILES string of the molecule is O=S1(=O)CCC(n2nc(-c3ccccn3)nc2-c2ccc3cc[nH]c3n2)C1. The average molecular weight is 380 g/mol. The third kappa shape index (κ3) is 2.89. The van der Waals surface area contributed by atoms with Gasteiger partial charge in [0.15, 0.2) is 21.5 Å². The van der Waals surface area contributed by atoms with E-state index in [4.69, 9.17) is 0 Å². The van der Waals surface area contributed by atoms with Crippen LogP contribution in [0.2, 0.25) is 0 Å². The van der Waals surface area contributed by atoms with Gasteiger partial charge in [0.25, 0.3) is 0 Å². The molecule has 0 spiro atoms. The van der Waals surface area contributed by atoms with Gasteiger partial charge < -0.3 is 4.98 Å². The molecular formula is C18H16N6O2S. The molecule has 0 amide bonds. The highest BCUT2D eigenvalue weighted by Gasteiger charge is 2.32. The minimum Gasteiger partial charge on any atom is -0.346 e. The molecule has 1 saturated heterocycles. The molecule has 9 heteroatoms. The van der Waals surface area contributed by atoms with Gasteiger partial charge in [-0.25, -0.2) is 23.1 Å². The zero-order valence-electron chi connectivity index (χ0n) is 14.3. The Morgan fingerprint density at radius 2 is 2.00 bits per heavy atom. The van der Waals surface area contributed by atoms with E-state index in [2.05, 4.69) is 25.0 Å². The lowest BCUT2D eigenvalue weighted by atomic mass is 10.2. The molecule has 0 radical (unpaired) electrons. The zero-order valence-corrected chi connectivity index (χ0v) is 15.1. The second kappa shape index (κ2) is 5.98. The number of pyridine rings is 2. The van der Waals surface area contributed by atoms with Gasteiger partial charge in [0.05, 0.1) is 17.5 Å². The summed E-state index contributed by atoms with van der Waals surface area (Å²) in [5.41, 5.74) is 2.03. The van der Waals surface area contributed by atoms with Gasteiger partial charge in [0, 0.05) is 17.8 Å². The standard InChI is InChI=1S/C18H16N6O2S/c25-27(26)10-7-13(11-27)24-18(15-5-4-12-6-9-20-16(12)21-15)22-17(23-24)14-3-1-2-8-19-14/h1-6,8-9,13H,7,10-11H2,(H,20,21). The van der Waals surface area contributed by atoms with E-state index < -0.39 is 9.84 Å². The summed E-state index contributed by atoms with van der Waals surface area (Å²) in [6.07, 6.45) is 4.03. The maximum Gasteiger partial charge on any atom is 0.200 e. The van der Waals surface area contributed by atoms with Crippen LogP contribution in [-0.4, -0.2) is 49.6 Å². The smallest absolute Gasteiger partial charge is 0.200 e. The molecule has 1 aliphatic rings. The molecule has 8 nitrogen and oxygen atoms in total. The molecular weight excluding hydrogens is 364 g/mol. The Hall–Kier alpha value is -3.07. The third-order valence-electron chi connectivity index (χ3n) is 4.72. The fourth-order valence-electron chi connectivity index (χ4n) is 3.38. The molecule has 5 heterocycles. The Balaban J connectivity index is 1.67. The lowest BCUT2D eigenvalue weighted by Crippen LogP contribution is -2.14. The largest absolute Gasteiger partial charge is 0.346 e. The fraction of sp³-hybridized carbons (Fsp3) is 0.222. The Morgan fingerprint density at radius 1 is 1.07 bits per heavy atom. The van der Waals surface area contributed by atoms with Crippen LogP contribution in [-0.2, 0) is 9.84 Å². The van der Waals surface area contributed by atoms with Crippen molar-refractivity contribution in [3.63, 3.8) is 0 Å². The number of hydrogen-bond donors (Lipinski definition) is 1. The van der Waals surface area contributed by atoms with Crippen LogP contribution in [0.25, 0.3) is 34.1 Å². The number of fused-ring (bicyclic) bond motifs is 1. The van der Waals surface area contributed by atoms with Crippen LogP contribution < -0.4 is 0 Å². The summed E-state index contributed by atoms with van der Waals surface area (Å²) in [5, 5.41) is 5.60. The van der Waals surface area contributed by atoms with Gasteiger partial charge in [-0.05, 0) is 36.8 Å². The summed E-state index contributed by atoms with van der Waals surface area (Å²) in [6.45, 7) is 0. The Morgan fingerprint density at radius 3 is 2.78 bits per heavy atom.